The largest absolute Gasteiger partial charge is 0.373 e. The summed E-state index contributed by atoms with van der Waals surface area (Å²) in [4.78, 5) is 15.2. The zero-order valence-corrected chi connectivity index (χ0v) is 14.7. The third-order valence-electron chi connectivity index (χ3n) is 3.49. The number of halogens is 1. The molecule has 7 heteroatoms. The topological polar surface area (TPSA) is 53.6 Å². The third-order valence-corrected chi connectivity index (χ3v) is 4.79. The first-order valence-electron chi connectivity index (χ1n) is 7.66. The van der Waals surface area contributed by atoms with Crippen molar-refractivity contribution >= 4 is 29.0 Å². The van der Waals surface area contributed by atoms with Gasteiger partial charge in [0.1, 0.15) is 0 Å². The lowest BCUT2D eigenvalue weighted by atomic mass is 10.2. The van der Waals surface area contributed by atoms with Crippen LogP contribution in [0.25, 0.3) is 0 Å². The Morgan fingerprint density at radius 3 is 2.64 bits per heavy atom. The lowest BCUT2D eigenvalue weighted by molar-refractivity contribution is -0.0672. The molecule has 0 radical (unpaired) electrons. The maximum absolute atomic E-state index is 11.7. The molecule has 2 amide bonds. The third kappa shape index (κ3) is 6.12. The fourth-order valence-corrected chi connectivity index (χ4v) is 3.73. The molecule has 0 aromatic carbocycles. The Morgan fingerprint density at radius 2 is 2.00 bits per heavy atom. The van der Waals surface area contributed by atoms with Crippen LogP contribution >= 0.6 is 22.9 Å². The molecule has 2 unspecified atom stereocenters. The lowest BCUT2D eigenvalue weighted by Gasteiger charge is -2.35. The Labute approximate surface area is 141 Å². The van der Waals surface area contributed by atoms with Gasteiger partial charge < -0.3 is 15.4 Å². The SMILES string of the molecule is CC1CN(CCNC(=O)NCCc2ccc(Cl)s2)CC(C)O1. The zero-order chi connectivity index (χ0) is 15.9. The molecule has 2 atom stereocenters. The smallest absolute Gasteiger partial charge is 0.314 e. The number of thiophene rings is 1. The van der Waals surface area contributed by atoms with Crippen LogP contribution in [0.5, 0.6) is 0 Å². The highest BCUT2D eigenvalue weighted by atomic mass is 35.5. The minimum atomic E-state index is -0.114. The molecule has 1 fully saturated rings. The molecule has 5 nitrogen and oxygen atoms in total. The van der Waals surface area contributed by atoms with Gasteiger partial charge in [-0.05, 0) is 32.4 Å². The van der Waals surface area contributed by atoms with Crippen LogP contribution in [-0.2, 0) is 11.2 Å². The normalized spacial score (nSPS) is 22.5. The average molecular weight is 346 g/mol. The fraction of sp³-hybridized carbons (Fsp3) is 0.667. The molecule has 0 aliphatic carbocycles. The van der Waals surface area contributed by atoms with E-state index >= 15 is 0 Å². The summed E-state index contributed by atoms with van der Waals surface area (Å²) in [6, 6.07) is 3.76. The van der Waals surface area contributed by atoms with E-state index in [-0.39, 0.29) is 18.2 Å². The van der Waals surface area contributed by atoms with Gasteiger partial charge in [-0.2, -0.15) is 0 Å². The Balaban J connectivity index is 1.55. The van der Waals surface area contributed by atoms with Gasteiger partial charge in [0.15, 0.2) is 0 Å². The number of carbonyl (C=O) groups excluding carboxylic acids is 1. The van der Waals surface area contributed by atoms with Crippen LogP contribution in [0.4, 0.5) is 4.79 Å². The second kappa shape index (κ2) is 8.72. The van der Waals surface area contributed by atoms with Crippen molar-refractivity contribution in [1.29, 1.82) is 0 Å². The summed E-state index contributed by atoms with van der Waals surface area (Å²) in [5, 5.41) is 5.76. The number of nitrogens with one attached hydrogen (secondary N) is 2. The first-order valence-corrected chi connectivity index (χ1v) is 8.86. The molecule has 2 N–H and O–H groups in total. The van der Waals surface area contributed by atoms with E-state index < -0.39 is 0 Å². The van der Waals surface area contributed by atoms with Crippen molar-refractivity contribution in [1.82, 2.24) is 15.5 Å². The Bertz CT molecular complexity index is 473. The quantitative estimate of drug-likeness (QED) is 0.832. The molecule has 1 aliphatic heterocycles. The molecule has 1 aliphatic rings. The molecule has 22 heavy (non-hydrogen) atoms. The molecule has 2 heterocycles. The van der Waals surface area contributed by atoms with E-state index in [4.69, 9.17) is 16.3 Å². The minimum Gasteiger partial charge on any atom is -0.373 e. The molecule has 124 valence electrons. The van der Waals surface area contributed by atoms with Crippen LogP contribution < -0.4 is 10.6 Å². The predicted octanol–water partition coefficient (Wildman–Crippen LogP) is 2.35. The molecule has 0 bridgehead atoms. The average Bonchev–Trinajstić information content (AvgIpc) is 2.83. The van der Waals surface area contributed by atoms with E-state index in [0.29, 0.717) is 13.1 Å². The van der Waals surface area contributed by atoms with Gasteiger partial charge in [0.25, 0.3) is 0 Å². The van der Waals surface area contributed by atoms with Crippen LogP contribution in [-0.4, -0.2) is 55.9 Å². The molecule has 0 spiro atoms. The maximum atomic E-state index is 11.7. The first kappa shape index (κ1) is 17.5. The number of rotatable bonds is 6. The number of hydrogen-bond acceptors (Lipinski definition) is 4. The monoisotopic (exact) mass is 345 g/mol. The summed E-state index contributed by atoms with van der Waals surface area (Å²) in [7, 11) is 0. The summed E-state index contributed by atoms with van der Waals surface area (Å²) in [6.07, 6.45) is 1.33. The van der Waals surface area contributed by atoms with Crippen LogP contribution in [0.1, 0.15) is 18.7 Å². The van der Waals surface area contributed by atoms with Crippen LogP contribution in [0, 0.1) is 0 Å². The van der Waals surface area contributed by atoms with Crippen LogP contribution in [0.3, 0.4) is 0 Å². The number of hydrogen-bond donors (Lipinski definition) is 2. The van der Waals surface area contributed by atoms with Crippen molar-refractivity contribution in [2.45, 2.75) is 32.5 Å². The zero-order valence-electron chi connectivity index (χ0n) is 13.1. The molecular weight excluding hydrogens is 322 g/mol. The van der Waals surface area contributed by atoms with Crippen molar-refractivity contribution < 1.29 is 9.53 Å². The van der Waals surface area contributed by atoms with Gasteiger partial charge >= 0.3 is 6.03 Å². The number of nitrogens with zero attached hydrogens (tertiary/aromatic N) is 1. The van der Waals surface area contributed by atoms with Gasteiger partial charge in [-0.15, -0.1) is 11.3 Å². The second-order valence-corrected chi connectivity index (χ2v) is 7.46. The summed E-state index contributed by atoms with van der Waals surface area (Å²) in [5.41, 5.74) is 0. The highest BCUT2D eigenvalue weighted by molar-refractivity contribution is 7.16. The summed E-state index contributed by atoms with van der Waals surface area (Å²) >= 11 is 7.42. The highest BCUT2D eigenvalue weighted by Crippen LogP contribution is 2.21. The van der Waals surface area contributed by atoms with Crippen LogP contribution in [0.15, 0.2) is 12.1 Å². The first-order chi connectivity index (χ1) is 10.5. The van der Waals surface area contributed by atoms with E-state index in [9.17, 15) is 4.79 Å². The van der Waals surface area contributed by atoms with Crippen molar-refractivity contribution in [3.8, 4) is 0 Å². The minimum absolute atomic E-state index is 0.114. The molecular formula is C15H24ClN3O2S. The van der Waals surface area contributed by atoms with Gasteiger partial charge in [0.05, 0.1) is 16.5 Å². The van der Waals surface area contributed by atoms with E-state index in [0.717, 1.165) is 30.4 Å². The molecule has 2 rings (SSSR count). The summed E-state index contributed by atoms with van der Waals surface area (Å²) in [5.74, 6) is 0. The van der Waals surface area contributed by atoms with Crippen LogP contribution in [0.2, 0.25) is 4.34 Å². The predicted molar refractivity (Wildman–Crippen MR) is 90.9 cm³/mol. The molecule has 1 saturated heterocycles. The van der Waals surface area contributed by atoms with Crippen molar-refractivity contribution in [2.75, 3.05) is 32.7 Å². The van der Waals surface area contributed by atoms with Crippen molar-refractivity contribution in [3.05, 3.63) is 21.3 Å². The standard InChI is InChI=1S/C15H24ClN3O2S/c1-11-9-19(10-12(2)21-11)8-7-18-15(20)17-6-5-13-3-4-14(16)22-13/h3-4,11-12H,5-10H2,1-2H3,(H2,17,18,20). The van der Waals surface area contributed by atoms with E-state index in [1.165, 1.54) is 4.88 Å². The molecule has 1 aromatic heterocycles. The molecule has 0 saturated carbocycles. The number of morpholine rings is 1. The Kier molecular flexibility index (Phi) is 6.95. The van der Waals surface area contributed by atoms with Gasteiger partial charge in [-0.3, -0.25) is 4.90 Å². The van der Waals surface area contributed by atoms with Crippen molar-refractivity contribution in [3.63, 3.8) is 0 Å². The van der Waals surface area contributed by atoms with E-state index in [2.05, 4.69) is 29.4 Å². The number of urea groups is 1. The van der Waals surface area contributed by atoms with Gasteiger partial charge in [-0.1, -0.05) is 11.6 Å². The number of ether oxygens (including phenoxy) is 1. The van der Waals surface area contributed by atoms with Gasteiger partial charge in [-0.25, -0.2) is 4.79 Å². The maximum Gasteiger partial charge on any atom is 0.314 e. The number of carbonyl (C=O) groups is 1. The number of amides is 2. The Hall–Kier alpha value is -0.820. The summed E-state index contributed by atoms with van der Waals surface area (Å²) in [6.45, 7) is 8.13. The second-order valence-electron chi connectivity index (χ2n) is 5.66. The highest BCUT2D eigenvalue weighted by Gasteiger charge is 2.21. The Morgan fingerprint density at radius 1 is 1.32 bits per heavy atom. The van der Waals surface area contributed by atoms with E-state index in [1.54, 1.807) is 11.3 Å². The van der Waals surface area contributed by atoms with Gasteiger partial charge in [0, 0.05) is 37.6 Å². The van der Waals surface area contributed by atoms with Gasteiger partial charge in [0.2, 0.25) is 0 Å². The van der Waals surface area contributed by atoms with Crippen molar-refractivity contribution in [2.24, 2.45) is 0 Å². The summed E-state index contributed by atoms with van der Waals surface area (Å²) < 4.78 is 6.48. The van der Waals surface area contributed by atoms with E-state index in [1.807, 2.05) is 12.1 Å². The lowest BCUT2D eigenvalue weighted by Crippen LogP contribution is -2.48. The fourth-order valence-electron chi connectivity index (χ4n) is 2.64. The molecule has 1 aromatic rings.